The Balaban J connectivity index is 3.80. The van der Waals surface area contributed by atoms with E-state index in [1.165, 1.54) is 0 Å². The van der Waals surface area contributed by atoms with Gasteiger partial charge in [0.2, 0.25) is 0 Å². The Labute approximate surface area is 156 Å². The first-order valence-electron chi connectivity index (χ1n) is 10.1. The second-order valence-corrected chi connectivity index (χ2v) is 7.40. The summed E-state index contributed by atoms with van der Waals surface area (Å²) in [5.41, 5.74) is 0.394. The van der Waals surface area contributed by atoms with Crippen LogP contribution in [0, 0.1) is 0 Å². The molecule has 0 spiro atoms. The first-order chi connectivity index (χ1) is 11.7. The highest BCUT2D eigenvalue weighted by molar-refractivity contribution is 4.79. The van der Waals surface area contributed by atoms with Gasteiger partial charge in [-0.1, -0.05) is 27.7 Å². The van der Waals surface area contributed by atoms with Gasteiger partial charge in [-0.3, -0.25) is 0 Å². The van der Waals surface area contributed by atoms with Crippen LogP contribution >= 0.6 is 0 Å². The minimum absolute atomic E-state index is 0.197. The highest BCUT2D eigenvalue weighted by Crippen LogP contribution is 2.13. The summed E-state index contributed by atoms with van der Waals surface area (Å²) >= 11 is 0. The zero-order chi connectivity index (χ0) is 19.3. The smallest absolute Gasteiger partial charge is 0.158 e. The number of hydrogen-bond acceptors (Lipinski definition) is 5. The number of hydrogen-bond donors (Lipinski definition) is 2. The molecule has 0 aliphatic carbocycles. The molecule has 0 heterocycles. The Hall–Kier alpha value is -0.200. The van der Waals surface area contributed by atoms with Gasteiger partial charge in [0.1, 0.15) is 0 Å². The van der Waals surface area contributed by atoms with Crippen molar-refractivity contribution in [3.8, 4) is 0 Å². The van der Waals surface area contributed by atoms with E-state index in [-0.39, 0.29) is 23.7 Å². The predicted molar refractivity (Wildman–Crippen MR) is 106 cm³/mol. The molecule has 0 aromatic rings. The van der Waals surface area contributed by atoms with Crippen molar-refractivity contribution < 1.29 is 14.2 Å². The summed E-state index contributed by atoms with van der Waals surface area (Å²) < 4.78 is 17.1. The van der Waals surface area contributed by atoms with Gasteiger partial charge in [0.05, 0.1) is 13.2 Å². The molecule has 0 fully saturated rings. The van der Waals surface area contributed by atoms with Crippen LogP contribution in [0.5, 0.6) is 0 Å². The number of nitrogens with one attached hydrogen (secondary N) is 2. The summed E-state index contributed by atoms with van der Waals surface area (Å²) in [5, 5.41) is 7.10. The lowest BCUT2D eigenvalue weighted by Gasteiger charge is -2.29. The third kappa shape index (κ3) is 11.2. The Morgan fingerprint density at radius 2 is 1.00 bits per heavy atom. The van der Waals surface area contributed by atoms with Crippen LogP contribution in [0.25, 0.3) is 0 Å². The van der Waals surface area contributed by atoms with E-state index < -0.39 is 0 Å². The minimum Gasteiger partial charge on any atom is -0.352 e. The maximum atomic E-state index is 5.72. The van der Waals surface area contributed by atoms with Crippen LogP contribution in [0.4, 0.5) is 0 Å². The Morgan fingerprint density at radius 1 is 0.680 bits per heavy atom. The van der Waals surface area contributed by atoms with Gasteiger partial charge in [-0.05, 0) is 53.4 Å². The quantitative estimate of drug-likeness (QED) is 0.321. The van der Waals surface area contributed by atoms with Gasteiger partial charge >= 0.3 is 0 Å². The molecule has 0 aromatic heterocycles. The lowest BCUT2D eigenvalue weighted by atomic mass is 9.96. The molecule has 0 bridgehead atoms. The van der Waals surface area contributed by atoms with Crippen molar-refractivity contribution in [3.05, 3.63) is 0 Å². The Bertz CT molecular complexity index is 288. The van der Waals surface area contributed by atoms with Crippen molar-refractivity contribution in [1.29, 1.82) is 0 Å². The van der Waals surface area contributed by atoms with Gasteiger partial charge in [-0.2, -0.15) is 0 Å². The molecule has 0 saturated carbocycles. The summed E-state index contributed by atoms with van der Waals surface area (Å²) in [4.78, 5) is 0. The van der Waals surface area contributed by atoms with Crippen LogP contribution in [-0.4, -0.2) is 50.0 Å². The van der Waals surface area contributed by atoms with Crippen LogP contribution in [0.1, 0.15) is 81.1 Å². The maximum absolute atomic E-state index is 5.72. The molecule has 152 valence electrons. The highest BCUT2D eigenvalue weighted by Gasteiger charge is 2.19. The van der Waals surface area contributed by atoms with Gasteiger partial charge in [-0.25, -0.2) is 0 Å². The summed E-state index contributed by atoms with van der Waals surface area (Å²) in [6, 6.07) is 0. The molecule has 0 saturated heterocycles. The van der Waals surface area contributed by atoms with Crippen LogP contribution in [-0.2, 0) is 14.2 Å². The number of rotatable bonds is 16. The first-order valence-corrected chi connectivity index (χ1v) is 10.1. The molecule has 2 unspecified atom stereocenters. The van der Waals surface area contributed by atoms with Crippen molar-refractivity contribution >= 4 is 0 Å². The van der Waals surface area contributed by atoms with E-state index in [1.54, 1.807) is 0 Å². The van der Waals surface area contributed by atoms with Gasteiger partial charge < -0.3 is 24.8 Å². The standard InChI is InChI=1S/C20H44N2O3/c1-9-19(7,10-2)21-13-15-23-17(5)25-18(6)24-16-14-22-20(8,11-3)12-4/h17-18,21-22H,9-16H2,1-8H3. The van der Waals surface area contributed by atoms with Gasteiger partial charge in [-0.15, -0.1) is 0 Å². The Kier molecular flexibility index (Phi) is 12.9. The predicted octanol–water partition coefficient (Wildman–Crippen LogP) is 4.06. The molecular formula is C20H44N2O3. The van der Waals surface area contributed by atoms with Crippen molar-refractivity contribution in [2.24, 2.45) is 0 Å². The second-order valence-electron chi connectivity index (χ2n) is 7.40. The molecule has 25 heavy (non-hydrogen) atoms. The van der Waals surface area contributed by atoms with Gasteiger partial charge in [0.15, 0.2) is 12.6 Å². The first kappa shape index (κ1) is 24.8. The average molecular weight is 361 g/mol. The molecule has 0 amide bonds. The number of ether oxygens (including phenoxy) is 3. The zero-order valence-corrected chi connectivity index (χ0v) is 18.0. The SMILES string of the molecule is CCC(C)(CC)NCCOC(C)OC(C)OCCNC(C)(CC)CC. The molecule has 0 aromatic carbocycles. The lowest BCUT2D eigenvalue weighted by molar-refractivity contribution is -0.230. The van der Waals surface area contributed by atoms with Crippen LogP contribution in [0.2, 0.25) is 0 Å². The third-order valence-electron chi connectivity index (χ3n) is 5.52. The minimum atomic E-state index is -0.268. The summed E-state index contributed by atoms with van der Waals surface area (Å²) in [7, 11) is 0. The largest absolute Gasteiger partial charge is 0.352 e. The lowest BCUT2D eigenvalue weighted by Crippen LogP contribution is -2.43. The summed E-state index contributed by atoms with van der Waals surface area (Å²) in [6.07, 6.45) is 3.92. The molecule has 5 heteroatoms. The normalized spacial score (nSPS) is 15.4. The van der Waals surface area contributed by atoms with E-state index in [2.05, 4.69) is 52.2 Å². The fourth-order valence-corrected chi connectivity index (χ4v) is 2.50. The fourth-order valence-electron chi connectivity index (χ4n) is 2.50. The van der Waals surface area contributed by atoms with Crippen molar-refractivity contribution in [2.75, 3.05) is 26.3 Å². The van der Waals surface area contributed by atoms with E-state index in [0.29, 0.717) is 13.2 Å². The van der Waals surface area contributed by atoms with E-state index in [9.17, 15) is 0 Å². The van der Waals surface area contributed by atoms with E-state index in [4.69, 9.17) is 14.2 Å². The second kappa shape index (κ2) is 13.0. The zero-order valence-electron chi connectivity index (χ0n) is 18.0. The van der Waals surface area contributed by atoms with Crippen LogP contribution < -0.4 is 10.6 Å². The molecule has 2 atom stereocenters. The van der Waals surface area contributed by atoms with E-state index in [0.717, 1.165) is 38.8 Å². The van der Waals surface area contributed by atoms with Crippen molar-refractivity contribution in [2.45, 2.75) is 105 Å². The molecule has 5 nitrogen and oxygen atoms in total. The van der Waals surface area contributed by atoms with Crippen LogP contribution in [0.15, 0.2) is 0 Å². The van der Waals surface area contributed by atoms with E-state index in [1.807, 2.05) is 13.8 Å². The fraction of sp³-hybridized carbons (Fsp3) is 1.00. The molecule has 2 N–H and O–H groups in total. The molecule has 0 rings (SSSR count). The van der Waals surface area contributed by atoms with Crippen molar-refractivity contribution in [3.63, 3.8) is 0 Å². The summed E-state index contributed by atoms with van der Waals surface area (Å²) in [5.74, 6) is 0. The van der Waals surface area contributed by atoms with Gasteiger partial charge in [0.25, 0.3) is 0 Å². The molecule has 0 aliphatic heterocycles. The summed E-state index contributed by atoms with van der Waals surface area (Å²) in [6.45, 7) is 20.1. The Morgan fingerprint density at radius 3 is 1.28 bits per heavy atom. The van der Waals surface area contributed by atoms with Gasteiger partial charge in [0, 0.05) is 24.2 Å². The molecule has 0 radical (unpaired) electrons. The molecular weight excluding hydrogens is 316 g/mol. The third-order valence-corrected chi connectivity index (χ3v) is 5.52. The van der Waals surface area contributed by atoms with Crippen molar-refractivity contribution in [1.82, 2.24) is 10.6 Å². The average Bonchev–Trinajstić information content (AvgIpc) is 2.62. The van der Waals surface area contributed by atoms with E-state index >= 15 is 0 Å². The topological polar surface area (TPSA) is 51.8 Å². The monoisotopic (exact) mass is 360 g/mol. The molecule has 0 aliphatic rings. The van der Waals surface area contributed by atoms with Crippen LogP contribution in [0.3, 0.4) is 0 Å². The highest BCUT2D eigenvalue weighted by atomic mass is 16.8. The maximum Gasteiger partial charge on any atom is 0.158 e.